The first kappa shape index (κ1) is 27.5. The second-order valence-corrected chi connectivity index (χ2v) is 11.5. The lowest BCUT2D eigenvalue weighted by molar-refractivity contribution is 0.0563. The zero-order valence-electron chi connectivity index (χ0n) is 21.8. The van der Waals surface area contributed by atoms with Crippen molar-refractivity contribution in [2.24, 2.45) is 5.92 Å². The number of pyridine rings is 1. The topological polar surface area (TPSA) is 100 Å². The highest BCUT2D eigenvalue weighted by atomic mass is 32.2. The molecule has 0 saturated carbocycles. The maximum Gasteiger partial charge on any atom is 0.253 e. The summed E-state index contributed by atoms with van der Waals surface area (Å²) in [6.07, 6.45) is 6.48. The number of ether oxygens (including phenoxy) is 1. The first-order valence-electron chi connectivity index (χ1n) is 12.5. The number of amides is 1. The van der Waals surface area contributed by atoms with Crippen molar-refractivity contribution in [3.05, 3.63) is 89.7 Å². The summed E-state index contributed by atoms with van der Waals surface area (Å²) in [5.41, 5.74) is 2.30. The van der Waals surface area contributed by atoms with Crippen LogP contribution in [-0.2, 0) is 10.0 Å². The van der Waals surface area contributed by atoms with Crippen molar-refractivity contribution < 1.29 is 23.1 Å². The molecule has 1 N–H and O–H groups in total. The van der Waals surface area contributed by atoms with E-state index in [2.05, 4.69) is 4.98 Å². The summed E-state index contributed by atoms with van der Waals surface area (Å²) < 4.78 is 35.1. The number of hydrogen-bond donors (Lipinski definition) is 1. The zero-order valence-corrected chi connectivity index (χ0v) is 22.6. The van der Waals surface area contributed by atoms with Crippen LogP contribution in [0.2, 0.25) is 0 Å². The van der Waals surface area contributed by atoms with E-state index < -0.39 is 22.2 Å². The zero-order chi connectivity index (χ0) is 27.3. The summed E-state index contributed by atoms with van der Waals surface area (Å²) in [6.45, 7) is 3.64. The summed E-state index contributed by atoms with van der Waals surface area (Å²) in [6, 6.07) is 17.5. The smallest absolute Gasteiger partial charge is 0.253 e. The number of fused-ring (bicyclic) bond motifs is 1. The second kappa shape index (κ2) is 11.9. The molecule has 1 aliphatic rings. The monoisotopic (exact) mass is 535 g/mol. The third-order valence-corrected chi connectivity index (χ3v) is 8.71. The van der Waals surface area contributed by atoms with Crippen LogP contribution in [0.25, 0.3) is 12.2 Å². The normalized spacial score (nSPS) is 20.1. The molecule has 8 nitrogen and oxygen atoms in total. The number of aliphatic hydroxyl groups is 1. The van der Waals surface area contributed by atoms with Crippen LogP contribution in [-0.4, -0.2) is 72.5 Å². The van der Waals surface area contributed by atoms with Crippen LogP contribution >= 0.6 is 0 Å². The van der Waals surface area contributed by atoms with Gasteiger partial charge >= 0.3 is 0 Å². The van der Waals surface area contributed by atoms with E-state index in [4.69, 9.17) is 4.74 Å². The van der Waals surface area contributed by atoms with Crippen molar-refractivity contribution in [2.45, 2.75) is 30.9 Å². The molecule has 1 aromatic heterocycles. The van der Waals surface area contributed by atoms with Crippen LogP contribution in [0.3, 0.4) is 0 Å². The van der Waals surface area contributed by atoms with E-state index in [0.717, 1.165) is 11.1 Å². The Balaban J connectivity index is 1.70. The largest absolute Gasteiger partial charge is 0.487 e. The molecule has 9 heteroatoms. The predicted octanol–water partition coefficient (Wildman–Crippen LogP) is 3.79. The first-order chi connectivity index (χ1) is 18.2. The van der Waals surface area contributed by atoms with Crippen molar-refractivity contribution in [1.29, 1.82) is 0 Å². The van der Waals surface area contributed by atoms with Gasteiger partial charge in [-0.25, -0.2) is 8.42 Å². The minimum absolute atomic E-state index is 0.0367. The number of benzene rings is 2. The average molecular weight is 536 g/mol. The van der Waals surface area contributed by atoms with Gasteiger partial charge in [-0.2, -0.15) is 4.31 Å². The molecule has 1 amide bonds. The summed E-state index contributed by atoms with van der Waals surface area (Å²) in [5.74, 6) is -0.238. The van der Waals surface area contributed by atoms with Crippen molar-refractivity contribution in [2.75, 3.05) is 26.7 Å². The molecular weight excluding hydrogens is 502 g/mol. The number of aromatic nitrogens is 1. The van der Waals surface area contributed by atoms with Crippen molar-refractivity contribution in [1.82, 2.24) is 14.2 Å². The Morgan fingerprint density at radius 1 is 1.13 bits per heavy atom. The Labute approximate surface area is 224 Å². The minimum Gasteiger partial charge on any atom is -0.487 e. The van der Waals surface area contributed by atoms with Crippen molar-refractivity contribution >= 4 is 28.1 Å². The number of hydrogen-bond acceptors (Lipinski definition) is 6. The molecular formula is C29H33N3O5S. The standard InChI is InChI=1S/C29H33N3O5S/c1-21-18-32(22(2)20-33)38(35,36)28-12-11-24(10-9-23-7-5-4-6-8-23)17-26(28)37-27(21)19-31(3)29(34)25-13-15-30-16-14-25/h4-17,21-22,27,33H,18-20H2,1-3H3/b10-9+/t21-,22+,27-/m0/s1. The number of nitrogens with zero attached hydrogens (tertiary/aromatic N) is 3. The maximum absolute atomic E-state index is 13.7. The number of carbonyl (C=O) groups is 1. The van der Waals surface area contributed by atoms with E-state index in [9.17, 15) is 18.3 Å². The van der Waals surface area contributed by atoms with Gasteiger partial charge in [0.25, 0.3) is 5.91 Å². The maximum atomic E-state index is 13.7. The van der Waals surface area contributed by atoms with E-state index in [1.54, 1.807) is 61.6 Å². The Morgan fingerprint density at radius 2 is 1.82 bits per heavy atom. The molecule has 38 heavy (non-hydrogen) atoms. The van der Waals surface area contributed by atoms with E-state index in [0.29, 0.717) is 5.56 Å². The molecule has 0 radical (unpaired) electrons. The van der Waals surface area contributed by atoms with Crippen LogP contribution in [0.4, 0.5) is 0 Å². The Morgan fingerprint density at radius 3 is 2.50 bits per heavy atom. The number of likely N-dealkylation sites (N-methyl/N-ethyl adjacent to an activating group) is 1. The molecule has 3 atom stereocenters. The summed E-state index contributed by atoms with van der Waals surface area (Å²) in [7, 11) is -2.25. The molecule has 1 aliphatic heterocycles. The Hall–Kier alpha value is -3.53. The van der Waals surface area contributed by atoms with E-state index in [1.165, 1.54) is 4.31 Å². The van der Waals surface area contributed by atoms with Crippen LogP contribution in [0.15, 0.2) is 78.0 Å². The molecule has 0 fully saturated rings. The fraction of sp³-hybridized carbons (Fsp3) is 0.310. The molecule has 3 aromatic rings. The molecule has 2 aromatic carbocycles. The lowest BCUT2D eigenvalue weighted by Gasteiger charge is -2.37. The Bertz CT molecular complexity index is 1380. The lowest BCUT2D eigenvalue weighted by Crippen LogP contribution is -2.50. The SMILES string of the molecule is C[C@H](CO)N1C[C@H](C)[C@H](CN(C)C(=O)c2ccncc2)Oc2cc(/C=C/c3ccccc3)ccc2S1(=O)=O. The van der Waals surface area contributed by atoms with Gasteiger partial charge in [0.15, 0.2) is 0 Å². The lowest BCUT2D eigenvalue weighted by atomic mass is 10.0. The molecule has 200 valence electrons. The Kier molecular flexibility index (Phi) is 8.61. The summed E-state index contributed by atoms with van der Waals surface area (Å²) in [5, 5.41) is 9.84. The molecule has 4 rings (SSSR count). The quantitative estimate of drug-likeness (QED) is 0.462. The minimum atomic E-state index is -3.95. The molecule has 0 unspecified atom stereocenters. The summed E-state index contributed by atoms with van der Waals surface area (Å²) >= 11 is 0. The summed E-state index contributed by atoms with van der Waals surface area (Å²) in [4.78, 5) is 18.6. The van der Waals surface area contributed by atoms with Crippen LogP contribution in [0.1, 0.15) is 35.3 Å². The van der Waals surface area contributed by atoms with E-state index in [1.807, 2.05) is 49.4 Å². The van der Waals surface area contributed by atoms with Gasteiger partial charge in [-0.3, -0.25) is 9.78 Å². The average Bonchev–Trinajstić information content (AvgIpc) is 2.93. The first-order valence-corrected chi connectivity index (χ1v) is 14.0. The van der Waals surface area contributed by atoms with Gasteiger partial charge in [0.1, 0.15) is 16.7 Å². The van der Waals surface area contributed by atoms with Gasteiger partial charge in [0, 0.05) is 43.5 Å². The molecule has 0 spiro atoms. The van der Waals surface area contributed by atoms with Gasteiger partial charge in [-0.15, -0.1) is 0 Å². The van der Waals surface area contributed by atoms with Crippen LogP contribution in [0, 0.1) is 5.92 Å². The van der Waals surface area contributed by atoms with Crippen LogP contribution in [0.5, 0.6) is 5.75 Å². The van der Waals surface area contributed by atoms with E-state index >= 15 is 0 Å². The molecule has 0 bridgehead atoms. The number of sulfonamides is 1. The molecule has 2 heterocycles. The third kappa shape index (κ3) is 6.12. The van der Waals surface area contributed by atoms with Crippen molar-refractivity contribution in [3.63, 3.8) is 0 Å². The van der Waals surface area contributed by atoms with Crippen molar-refractivity contribution in [3.8, 4) is 5.75 Å². The predicted molar refractivity (Wildman–Crippen MR) is 147 cm³/mol. The van der Waals surface area contributed by atoms with E-state index in [-0.39, 0.29) is 42.2 Å². The van der Waals surface area contributed by atoms with Gasteiger partial charge in [0.2, 0.25) is 10.0 Å². The fourth-order valence-corrected chi connectivity index (χ4v) is 6.21. The van der Waals surface area contributed by atoms with Crippen LogP contribution < -0.4 is 4.74 Å². The third-order valence-electron chi connectivity index (χ3n) is 6.69. The molecule has 0 saturated heterocycles. The molecule has 0 aliphatic carbocycles. The fourth-order valence-electron chi connectivity index (χ4n) is 4.39. The number of carbonyl (C=O) groups excluding carboxylic acids is 1. The van der Waals surface area contributed by atoms with Gasteiger partial charge < -0.3 is 14.7 Å². The number of rotatable bonds is 7. The highest BCUT2D eigenvalue weighted by Gasteiger charge is 2.38. The highest BCUT2D eigenvalue weighted by molar-refractivity contribution is 7.89. The second-order valence-electron chi connectivity index (χ2n) is 9.61. The van der Waals surface area contributed by atoms with Gasteiger partial charge in [-0.1, -0.05) is 55.5 Å². The van der Waals surface area contributed by atoms with Gasteiger partial charge in [-0.05, 0) is 42.3 Å². The number of aliphatic hydroxyl groups excluding tert-OH is 1. The van der Waals surface area contributed by atoms with Gasteiger partial charge in [0.05, 0.1) is 13.2 Å². The highest BCUT2D eigenvalue weighted by Crippen LogP contribution is 2.34.